The number of urea groups is 1. The number of fused-ring (bicyclic) bond motifs is 1. The third-order valence-electron chi connectivity index (χ3n) is 4.69. The lowest BCUT2D eigenvalue weighted by Crippen LogP contribution is -2.35. The zero-order valence-corrected chi connectivity index (χ0v) is 16.3. The summed E-state index contributed by atoms with van der Waals surface area (Å²) >= 11 is 5.94. The molecule has 0 saturated carbocycles. The number of nitrogens with zero attached hydrogens (tertiary/aromatic N) is 2. The van der Waals surface area contributed by atoms with E-state index in [1.807, 2.05) is 12.1 Å². The van der Waals surface area contributed by atoms with E-state index >= 15 is 0 Å². The molecule has 29 heavy (non-hydrogen) atoms. The van der Waals surface area contributed by atoms with Crippen LogP contribution in [-0.2, 0) is 6.42 Å². The van der Waals surface area contributed by atoms with E-state index in [9.17, 15) is 9.59 Å². The normalized spacial score (nSPS) is 12.8. The molecule has 3 amide bonds. The Bertz CT molecular complexity index is 1060. The van der Waals surface area contributed by atoms with Gasteiger partial charge < -0.3 is 15.5 Å². The van der Waals surface area contributed by atoms with Crippen LogP contribution in [0, 0.1) is 0 Å². The standard InChI is InChI=1S/C22H19ClN4O2/c23-17-6-1-7-18(13-17)25-22(29)26-19-8-9-20-15(12-19)5-3-11-27(20)21(28)16-4-2-10-24-14-16/h1-2,4,6-10,12-14H,3,5,11H2,(H2,25,26,29). The topological polar surface area (TPSA) is 74.3 Å². The van der Waals surface area contributed by atoms with Gasteiger partial charge in [-0.05, 0) is 66.9 Å². The molecule has 6 nitrogen and oxygen atoms in total. The van der Waals surface area contributed by atoms with E-state index in [1.165, 1.54) is 0 Å². The van der Waals surface area contributed by atoms with Crippen LogP contribution in [0.1, 0.15) is 22.3 Å². The molecule has 2 heterocycles. The van der Waals surface area contributed by atoms with Gasteiger partial charge in [0.25, 0.3) is 5.91 Å². The van der Waals surface area contributed by atoms with Gasteiger partial charge in [0.05, 0.1) is 5.56 Å². The summed E-state index contributed by atoms with van der Waals surface area (Å²) in [6.07, 6.45) is 4.93. The second-order valence-electron chi connectivity index (χ2n) is 6.74. The minimum absolute atomic E-state index is 0.0709. The first-order valence-corrected chi connectivity index (χ1v) is 9.66. The summed E-state index contributed by atoms with van der Waals surface area (Å²) in [5.74, 6) is -0.0709. The Kier molecular flexibility index (Phi) is 5.44. The number of aryl methyl sites for hydroxylation is 1. The fraction of sp³-hybridized carbons (Fsp3) is 0.136. The van der Waals surface area contributed by atoms with Gasteiger partial charge in [-0.15, -0.1) is 0 Å². The number of carbonyl (C=O) groups excluding carboxylic acids is 2. The highest BCUT2D eigenvalue weighted by atomic mass is 35.5. The highest BCUT2D eigenvalue weighted by Crippen LogP contribution is 2.31. The fourth-order valence-corrected chi connectivity index (χ4v) is 3.58. The lowest BCUT2D eigenvalue weighted by atomic mass is 10.00. The summed E-state index contributed by atoms with van der Waals surface area (Å²) < 4.78 is 0. The van der Waals surface area contributed by atoms with Gasteiger partial charge in [-0.25, -0.2) is 4.79 Å². The van der Waals surface area contributed by atoms with Crippen LogP contribution in [0.4, 0.5) is 21.9 Å². The Balaban J connectivity index is 1.49. The quantitative estimate of drug-likeness (QED) is 0.644. The van der Waals surface area contributed by atoms with E-state index in [1.54, 1.807) is 59.8 Å². The number of aromatic nitrogens is 1. The van der Waals surface area contributed by atoms with Gasteiger partial charge in [-0.1, -0.05) is 17.7 Å². The number of pyridine rings is 1. The number of anilines is 3. The van der Waals surface area contributed by atoms with Crippen LogP contribution in [0.2, 0.25) is 5.02 Å². The van der Waals surface area contributed by atoms with Crippen molar-refractivity contribution in [3.8, 4) is 0 Å². The first-order valence-electron chi connectivity index (χ1n) is 9.28. The van der Waals surface area contributed by atoms with E-state index in [0.717, 1.165) is 24.1 Å². The summed E-state index contributed by atoms with van der Waals surface area (Å²) in [4.78, 5) is 30.9. The molecule has 1 aliphatic heterocycles. The van der Waals surface area contributed by atoms with Crippen molar-refractivity contribution in [2.45, 2.75) is 12.8 Å². The number of rotatable bonds is 3. The SMILES string of the molecule is O=C(Nc1cccc(Cl)c1)Nc1ccc2c(c1)CCCN2C(=O)c1cccnc1. The molecule has 4 rings (SSSR count). The summed E-state index contributed by atoms with van der Waals surface area (Å²) in [6.45, 7) is 0.656. The van der Waals surface area contributed by atoms with Crippen LogP contribution in [0.5, 0.6) is 0 Å². The zero-order valence-electron chi connectivity index (χ0n) is 15.6. The Morgan fingerprint density at radius 2 is 1.83 bits per heavy atom. The molecular formula is C22H19ClN4O2. The minimum atomic E-state index is -0.355. The maximum atomic E-state index is 12.9. The maximum absolute atomic E-state index is 12.9. The predicted molar refractivity (Wildman–Crippen MR) is 115 cm³/mol. The van der Waals surface area contributed by atoms with Crippen molar-refractivity contribution >= 4 is 40.6 Å². The zero-order chi connectivity index (χ0) is 20.2. The van der Waals surface area contributed by atoms with Crippen molar-refractivity contribution in [3.63, 3.8) is 0 Å². The molecule has 0 fully saturated rings. The predicted octanol–water partition coefficient (Wildman–Crippen LogP) is 4.97. The molecule has 0 bridgehead atoms. The molecule has 0 atom stereocenters. The van der Waals surface area contributed by atoms with Crippen LogP contribution in [-0.4, -0.2) is 23.5 Å². The van der Waals surface area contributed by atoms with Crippen molar-refractivity contribution in [2.75, 3.05) is 22.1 Å². The van der Waals surface area contributed by atoms with Crippen LogP contribution >= 0.6 is 11.6 Å². The van der Waals surface area contributed by atoms with Crippen molar-refractivity contribution < 1.29 is 9.59 Å². The first kappa shape index (κ1) is 19.0. The van der Waals surface area contributed by atoms with Crippen molar-refractivity contribution in [1.82, 2.24) is 4.98 Å². The molecule has 3 aromatic rings. The molecule has 0 saturated heterocycles. The van der Waals surface area contributed by atoms with Gasteiger partial charge in [0.1, 0.15) is 0 Å². The molecule has 7 heteroatoms. The molecule has 1 aromatic heterocycles. The van der Waals surface area contributed by atoms with Gasteiger partial charge >= 0.3 is 6.03 Å². The van der Waals surface area contributed by atoms with Crippen LogP contribution in [0.15, 0.2) is 67.0 Å². The van der Waals surface area contributed by atoms with E-state index in [2.05, 4.69) is 15.6 Å². The third kappa shape index (κ3) is 4.38. The number of benzene rings is 2. The van der Waals surface area contributed by atoms with Gasteiger partial charge in [0, 0.05) is 41.0 Å². The summed E-state index contributed by atoms with van der Waals surface area (Å²) in [5.41, 5.74) is 3.73. The largest absolute Gasteiger partial charge is 0.323 e. The maximum Gasteiger partial charge on any atom is 0.323 e. The van der Waals surface area contributed by atoms with Crippen molar-refractivity contribution in [2.24, 2.45) is 0 Å². The summed E-state index contributed by atoms with van der Waals surface area (Å²) in [6, 6.07) is 15.7. The first-order chi connectivity index (χ1) is 14.1. The second-order valence-corrected chi connectivity index (χ2v) is 7.17. The lowest BCUT2D eigenvalue weighted by molar-refractivity contribution is 0.0984. The van der Waals surface area contributed by atoms with E-state index in [0.29, 0.717) is 28.5 Å². The monoisotopic (exact) mass is 406 g/mol. The fourth-order valence-electron chi connectivity index (χ4n) is 3.39. The number of halogens is 1. The summed E-state index contributed by atoms with van der Waals surface area (Å²) in [5, 5.41) is 6.13. The molecule has 1 aliphatic rings. The molecule has 2 aromatic carbocycles. The molecule has 0 unspecified atom stereocenters. The Morgan fingerprint density at radius 1 is 1.00 bits per heavy atom. The summed E-state index contributed by atoms with van der Waals surface area (Å²) in [7, 11) is 0. The molecule has 146 valence electrons. The van der Waals surface area contributed by atoms with E-state index in [4.69, 9.17) is 11.6 Å². The number of amides is 3. The smallest absolute Gasteiger partial charge is 0.308 e. The average molecular weight is 407 g/mol. The highest BCUT2D eigenvalue weighted by Gasteiger charge is 2.24. The third-order valence-corrected chi connectivity index (χ3v) is 4.93. The molecule has 0 aliphatic carbocycles. The van der Waals surface area contributed by atoms with Crippen LogP contribution < -0.4 is 15.5 Å². The lowest BCUT2D eigenvalue weighted by Gasteiger charge is -2.30. The number of hydrogen-bond acceptors (Lipinski definition) is 3. The number of carbonyl (C=O) groups is 2. The molecule has 0 radical (unpaired) electrons. The molecule has 2 N–H and O–H groups in total. The Hall–Kier alpha value is -3.38. The van der Waals surface area contributed by atoms with Gasteiger partial charge in [0.15, 0.2) is 0 Å². The van der Waals surface area contributed by atoms with E-state index < -0.39 is 0 Å². The Morgan fingerprint density at radius 3 is 2.59 bits per heavy atom. The highest BCUT2D eigenvalue weighted by molar-refractivity contribution is 6.30. The van der Waals surface area contributed by atoms with Crippen molar-refractivity contribution in [3.05, 3.63) is 83.1 Å². The minimum Gasteiger partial charge on any atom is -0.308 e. The van der Waals surface area contributed by atoms with Crippen LogP contribution in [0.3, 0.4) is 0 Å². The second kappa shape index (κ2) is 8.32. The van der Waals surface area contributed by atoms with Gasteiger partial charge in [-0.3, -0.25) is 9.78 Å². The van der Waals surface area contributed by atoms with Crippen LogP contribution in [0.25, 0.3) is 0 Å². The van der Waals surface area contributed by atoms with Gasteiger partial charge in [0.2, 0.25) is 0 Å². The number of nitrogens with one attached hydrogen (secondary N) is 2. The Labute approximate surface area is 173 Å². The number of hydrogen-bond donors (Lipinski definition) is 2. The average Bonchev–Trinajstić information content (AvgIpc) is 2.73. The van der Waals surface area contributed by atoms with Gasteiger partial charge in [-0.2, -0.15) is 0 Å². The molecular weight excluding hydrogens is 388 g/mol. The van der Waals surface area contributed by atoms with Crippen molar-refractivity contribution in [1.29, 1.82) is 0 Å². The molecule has 0 spiro atoms. The van der Waals surface area contributed by atoms with E-state index in [-0.39, 0.29) is 11.9 Å².